The Kier molecular flexibility index (Phi) is 5.70. The van der Waals surface area contributed by atoms with Gasteiger partial charge in [-0.25, -0.2) is 4.39 Å². The van der Waals surface area contributed by atoms with E-state index in [1.807, 2.05) is 30.3 Å². The lowest BCUT2D eigenvalue weighted by Crippen LogP contribution is -2.30. The topological polar surface area (TPSA) is 29.1 Å². The van der Waals surface area contributed by atoms with Crippen LogP contribution in [0.1, 0.15) is 37.4 Å². The van der Waals surface area contributed by atoms with Crippen LogP contribution in [0, 0.1) is 11.7 Å². The van der Waals surface area contributed by atoms with Gasteiger partial charge in [0.05, 0.1) is 12.5 Å². The molecule has 0 heterocycles. The van der Waals surface area contributed by atoms with Gasteiger partial charge in [0.2, 0.25) is 5.91 Å². The fraction of sp³-hybridized carbons (Fsp3) is 0.316. The number of hydrogen-bond acceptors (Lipinski definition) is 1. The van der Waals surface area contributed by atoms with Gasteiger partial charge in [0, 0.05) is 0 Å². The fourth-order valence-electron chi connectivity index (χ4n) is 2.51. The predicted molar refractivity (Wildman–Crippen MR) is 86.9 cm³/mol. The summed E-state index contributed by atoms with van der Waals surface area (Å²) < 4.78 is 13.2. The number of benzene rings is 2. The molecule has 1 N–H and O–H groups in total. The van der Waals surface area contributed by atoms with Crippen molar-refractivity contribution >= 4 is 5.91 Å². The van der Waals surface area contributed by atoms with Crippen LogP contribution in [0.2, 0.25) is 0 Å². The molecule has 2 rings (SSSR count). The summed E-state index contributed by atoms with van der Waals surface area (Å²) in [5.74, 6) is 0.0758. The van der Waals surface area contributed by atoms with Gasteiger partial charge in [0.1, 0.15) is 5.82 Å². The van der Waals surface area contributed by atoms with Gasteiger partial charge in [-0.05, 0) is 35.6 Å². The monoisotopic (exact) mass is 299 g/mol. The molecule has 22 heavy (non-hydrogen) atoms. The van der Waals surface area contributed by atoms with Crippen molar-refractivity contribution in [3.63, 3.8) is 0 Å². The molecule has 0 aliphatic carbocycles. The molecule has 0 aromatic heterocycles. The molecule has 0 bridgehead atoms. The maximum absolute atomic E-state index is 13.2. The lowest BCUT2D eigenvalue weighted by atomic mass is 9.96. The van der Waals surface area contributed by atoms with E-state index in [0.717, 1.165) is 12.0 Å². The fourth-order valence-corrected chi connectivity index (χ4v) is 2.51. The van der Waals surface area contributed by atoms with Gasteiger partial charge in [-0.1, -0.05) is 56.3 Å². The largest absolute Gasteiger partial charge is 0.349 e. The van der Waals surface area contributed by atoms with E-state index in [0.29, 0.717) is 11.5 Å². The lowest BCUT2D eigenvalue weighted by molar-refractivity contribution is -0.121. The van der Waals surface area contributed by atoms with E-state index in [1.54, 1.807) is 12.1 Å². The van der Waals surface area contributed by atoms with Gasteiger partial charge in [0.25, 0.3) is 0 Å². The summed E-state index contributed by atoms with van der Waals surface area (Å²) in [6.45, 7) is 4.27. The summed E-state index contributed by atoms with van der Waals surface area (Å²) in [6, 6.07) is 16.1. The van der Waals surface area contributed by atoms with Crippen LogP contribution in [-0.2, 0) is 11.2 Å². The molecule has 0 fully saturated rings. The third kappa shape index (κ3) is 4.99. The number of carbonyl (C=O) groups excluding carboxylic acids is 1. The van der Waals surface area contributed by atoms with Crippen LogP contribution in [0.4, 0.5) is 4.39 Å². The zero-order valence-corrected chi connectivity index (χ0v) is 13.1. The molecule has 1 unspecified atom stereocenters. The summed E-state index contributed by atoms with van der Waals surface area (Å²) >= 11 is 0. The second-order valence-corrected chi connectivity index (χ2v) is 5.97. The molecular weight excluding hydrogens is 277 g/mol. The first-order valence-corrected chi connectivity index (χ1v) is 7.63. The van der Waals surface area contributed by atoms with Crippen LogP contribution >= 0.6 is 0 Å². The highest BCUT2D eigenvalue weighted by Crippen LogP contribution is 2.21. The Labute approximate surface area is 131 Å². The van der Waals surface area contributed by atoms with Crippen LogP contribution in [0.25, 0.3) is 0 Å². The Morgan fingerprint density at radius 2 is 1.82 bits per heavy atom. The molecule has 1 amide bonds. The number of hydrogen-bond donors (Lipinski definition) is 1. The zero-order chi connectivity index (χ0) is 15.9. The van der Waals surface area contributed by atoms with E-state index >= 15 is 0 Å². The second kappa shape index (κ2) is 7.74. The van der Waals surface area contributed by atoms with Crippen molar-refractivity contribution in [3.05, 3.63) is 71.5 Å². The van der Waals surface area contributed by atoms with Crippen molar-refractivity contribution < 1.29 is 9.18 Å². The average Bonchev–Trinajstić information content (AvgIpc) is 2.47. The Morgan fingerprint density at radius 3 is 2.45 bits per heavy atom. The van der Waals surface area contributed by atoms with Gasteiger partial charge < -0.3 is 5.32 Å². The minimum atomic E-state index is -0.313. The number of carbonyl (C=O) groups is 1. The Morgan fingerprint density at radius 1 is 1.09 bits per heavy atom. The zero-order valence-electron chi connectivity index (χ0n) is 13.1. The number of rotatable bonds is 6. The van der Waals surface area contributed by atoms with Crippen molar-refractivity contribution in [3.8, 4) is 0 Å². The van der Waals surface area contributed by atoms with Crippen LogP contribution < -0.4 is 5.32 Å². The molecule has 116 valence electrons. The molecule has 2 aromatic rings. The van der Waals surface area contributed by atoms with Gasteiger partial charge in [-0.2, -0.15) is 0 Å². The highest BCUT2D eigenvalue weighted by molar-refractivity contribution is 5.79. The minimum Gasteiger partial charge on any atom is -0.349 e. The highest BCUT2D eigenvalue weighted by Gasteiger charge is 2.16. The molecule has 1 atom stereocenters. The summed E-state index contributed by atoms with van der Waals surface area (Å²) in [7, 11) is 0. The minimum absolute atomic E-state index is 0.0118. The first-order valence-electron chi connectivity index (χ1n) is 7.63. The predicted octanol–water partition coefficient (Wildman–Crippen LogP) is 4.27. The van der Waals surface area contributed by atoms with E-state index in [1.165, 1.54) is 12.1 Å². The summed E-state index contributed by atoms with van der Waals surface area (Å²) in [5, 5.41) is 3.07. The molecule has 0 radical (unpaired) electrons. The summed E-state index contributed by atoms with van der Waals surface area (Å²) in [5.41, 5.74) is 1.79. The molecule has 3 heteroatoms. The number of nitrogens with one attached hydrogen (secondary N) is 1. The molecule has 0 aliphatic rings. The van der Waals surface area contributed by atoms with Crippen molar-refractivity contribution in [2.24, 2.45) is 5.92 Å². The lowest BCUT2D eigenvalue weighted by Gasteiger charge is -2.21. The third-order valence-corrected chi connectivity index (χ3v) is 3.50. The first-order chi connectivity index (χ1) is 10.5. The Balaban J connectivity index is 2.05. The van der Waals surface area contributed by atoms with E-state index in [2.05, 4.69) is 19.2 Å². The summed E-state index contributed by atoms with van der Waals surface area (Å²) in [4.78, 5) is 12.3. The maximum Gasteiger partial charge on any atom is 0.224 e. The standard InChI is InChI=1S/C19H22FNO/c1-14(2)11-18(16-8-4-3-5-9-16)21-19(22)13-15-7-6-10-17(20)12-15/h3-10,12,14,18H,11,13H2,1-2H3,(H,21,22). The van der Waals surface area contributed by atoms with Crippen LogP contribution in [-0.4, -0.2) is 5.91 Å². The van der Waals surface area contributed by atoms with Crippen LogP contribution in [0.3, 0.4) is 0 Å². The van der Waals surface area contributed by atoms with Gasteiger partial charge in [-0.15, -0.1) is 0 Å². The molecular formula is C19H22FNO. The van der Waals surface area contributed by atoms with Gasteiger partial charge >= 0.3 is 0 Å². The van der Waals surface area contributed by atoms with Gasteiger partial charge in [0.15, 0.2) is 0 Å². The van der Waals surface area contributed by atoms with Crippen molar-refractivity contribution in [1.82, 2.24) is 5.32 Å². The Hall–Kier alpha value is -2.16. The SMILES string of the molecule is CC(C)CC(NC(=O)Cc1cccc(F)c1)c1ccccc1. The van der Waals surface area contributed by atoms with Gasteiger partial charge in [-0.3, -0.25) is 4.79 Å². The second-order valence-electron chi connectivity index (χ2n) is 5.97. The smallest absolute Gasteiger partial charge is 0.224 e. The van der Waals surface area contributed by atoms with Crippen LogP contribution in [0.5, 0.6) is 0 Å². The molecule has 0 saturated carbocycles. The average molecular weight is 299 g/mol. The quantitative estimate of drug-likeness (QED) is 0.848. The number of halogens is 1. The van der Waals surface area contributed by atoms with E-state index in [9.17, 15) is 9.18 Å². The number of amides is 1. The van der Waals surface area contributed by atoms with Crippen molar-refractivity contribution in [2.75, 3.05) is 0 Å². The van der Waals surface area contributed by atoms with Crippen molar-refractivity contribution in [2.45, 2.75) is 32.7 Å². The molecule has 0 aliphatic heterocycles. The maximum atomic E-state index is 13.2. The third-order valence-electron chi connectivity index (χ3n) is 3.50. The molecule has 2 nitrogen and oxygen atoms in total. The normalized spacial score (nSPS) is 12.2. The molecule has 0 spiro atoms. The first kappa shape index (κ1) is 16.2. The van der Waals surface area contributed by atoms with Crippen LogP contribution in [0.15, 0.2) is 54.6 Å². The molecule has 0 saturated heterocycles. The van der Waals surface area contributed by atoms with Crippen molar-refractivity contribution in [1.29, 1.82) is 0 Å². The summed E-state index contributed by atoms with van der Waals surface area (Å²) in [6.07, 6.45) is 1.07. The molecule has 2 aromatic carbocycles. The Bertz CT molecular complexity index is 610. The van der Waals surface area contributed by atoms with E-state index in [-0.39, 0.29) is 24.2 Å². The van der Waals surface area contributed by atoms with E-state index in [4.69, 9.17) is 0 Å². The highest BCUT2D eigenvalue weighted by atomic mass is 19.1. The van der Waals surface area contributed by atoms with E-state index < -0.39 is 0 Å².